The summed E-state index contributed by atoms with van der Waals surface area (Å²) in [5.41, 5.74) is -0.310. The van der Waals surface area contributed by atoms with Gasteiger partial charge < -0.3 is 14.8 Å². The molecule has 2 atom stereocenters. The van der Waals surface area contributed by atoms with Crippen molar-refractivity contribution in [1.82, 2.24) is 5.32 Å². The van der Waals surface area contributed by atoms with Crippen LogP contribution in [0.25, 0.3) is 0 Å². The molecule has 25 heavy (non-hydrogen) atoms. The molecule has 1 aromatic carbocycles. The number of nitro benzene ring substituents is 1. The molecule has 0 bridgehead atoms. The molecule has 0 aliphatic rings. The Labute approximate surface area is 144 Å². The van der Waals surface area contributed by atoms with Crippen molar-refractivity contribution >= 4 is 23.5 Å². The van der Waals surface area contributed by atoms with Crippen LogP contribution >= 0.6 is 0 Å². The molecule has 0 saturated carbocycles. The Balaban J connectivity index is 2.65. The van der Waals surface area contributed by atoms with E-state index in [2.05, 4.69) is 10.1 Å². The second kappa shape index (κ2) is 9.36. The Morgan fingerprint density at radius 1 is 1.32 bits per heavy atom. The van der Waals surface area contributed by atoms with E-state index >= 15 is 0 Å². The topological polar surface area (TPSA) is 125 Å². The molecule has 136 valence electrons. The van der Waals surface area contributed by atoms with Gasteiger partial charge in [0.2, 0.25) is 0 Å². The van der Waals surface area contributed by atoms with Gasteiger partial charge in [-0.15, -0.1) is 0 Å². The monoisotopic (exact) mass is 352 g/mol. The van der Waals surface area contributed by atoms with Gasteiger partial charge in [-0.2, -0.15) is 0 Å². The fourth-order valence-electron chi connectivity index (χ4n) is 1.97. The summed E-state index contributed by atoms with van der Waals surface area (Å²) in [6.45, 7) is 3.01. The predicted octanol–water partition coefficient (Wildman–Crippen LogP) is 1.46. The number of carbonyl (C=O) groups is 3. The maximum absolute atomic E-state index is 11.9. The van der Waals surface area contributed by atoms with E-state index in [1.807, 2.05) is 6.92 Å². The standard InChI is InChI=1S/C16H20N2O7/c1-4-10(2)14(16(21)24-3)17-13(19)9-25-15(20)11-6-5-7-12(8-11)18(22)23/h5-8,10,14H,4,9H2,1-3H3,(H,17,19)/t10-,14-/m0/s1. The third kappa shape index (κ3) is 5.87. The van der Waals surface area contributed by atoms with Crippen molar-refractivity contribution < 1.29 is 28.8 Å². The first-order chi connectivity index (χ1) is 11.8. The number of hydrogen-bond acceptors (Lipinski definition) is 7. The van der Waals surface area contributed by atoms with Crippen LogP contribution < -0.4 is 5.32 Å². The van der Waals surface area contributed by atoms with E-state index in [9.17, 15) is 24.5 Å². The molecule has 0 spiro atoms. The minimum absolute atomic E-state index is 0.0477. The number of ether oxygens (including phenoxy) is 2. The smallest absolute Gasteiger partial charge is 0.338 e. The van der Waals surface area contributed by atoms with Crippen LogP contribution in [0, 0.1) is 16.0 Å². The first kappa shape index (κ1) is 20.1. The minimum atomic E-state index is -0.878. The highest BCUT2D eigenvalue weighted by molar-refractivity contribution is 5.92. The number of nitrogens with zero attached hydrogens (tertiary/aromatic N) is 1. The first-order valence-electron chi connectivity index (χ1n) is 7.58. The Morgan fingerprint density at radius 2 is 2.00 bits per heavy atom. The Bertz CT molecular complexity index is 660. The van der Waals surface area contributed by atoms with Crippen molar-refractivity contribution in [2.45, 2.75) is 26.3 Å². The average Bonchev–Trinajstić information content (AvgIpc) is 2.62. The van der Waals surface area contributed by atoms with E-state index in [0.717, 1.165) is 6.07 Å². The van der Waals surface area contributed by atoms with Crippen LogP contribution in [0.4, 0.5) is 5.69 Å². The van der Waals surface area contributed by atoms with Gasteiger partial charge in [0.15, 0.2) is 6.61 Å². The minimum Gasteiger partial charge on any atom is -0.467 e. The van der Waals surface area contributed by atoms with Crippen molar-refractivity contribution in [2.75, 3.05) is 13.7 Å². The lowest BCUT2D eigenvalue weighted by Gasteiger charge is -2.21. The normalized spacial score (nSPS) is 12.6. The van der Waals surface area contributed by atoms with Crippen LogP contribution in [0.5, 0.6) is 0 Å². The van der Waals surface area contributed by atoms with Gasteiger partial charge in [0.05, 0.1) is 17.6 Å². The SMILES string of the molecule is CC[C@H](C)[C@H](NC(=O)COC(=O)c1cccc([N+](=O)[O-])c1)C(=O)OC. The molecular weight excluding hydrogens is 332 g/mol. The maximum Gasteiger partial charge on any atom is 0.338 e. The molecule has 0 aliphatic heterocycles. The number of hydrogen-bond donors (Lipinski definition) is 1. The van der Waals surface area contributed by atoms with E-state index in [1.54, 1.807) is 6.92 Å². The summed E-state index contributed by atoms with van der Waals surface area (Å²) in [6.07, 6.45) is 0.632. The van der Waals surface area contributed by atoms with Crippen LogP contribution in [-0.4, -0.2) is 42.5 Å². The lowest BCUT2D eigenvalue weighted by Crippen LogP contribution is -2.47. The van der Waals surface area contributed by atoms with Crippen LogP contribution in [0.1, 0.15) is 30.6 Å². The second-order valence-electron chi connectivity index (χ2n) is 5.34. The molecule has 0 aromatic heterocycles. The fourth-order valence-corrected chi connectivity index (χ4v) is 1.97. The van der Waals surface area contributed by atoms with Gasteiger partial charge in [0.1, 0.15) is 6.04 Å². The van der Waals surface area contributed by atoms with Gasteiger partial charge in [0, 0.05) is 12.1 Å². The first-order valence-corrected chi connectivity index (χ1v) is 7.58. The lowest BCUT2D eigenvalue weighted by atomic mass is 9.99. The molecule has 1 rings (SSSR count). The van der Waals surface area contributed by atoms with E-state index in [0.29, 0.717) is 6.42 Å². The van der Waals surface area contributed by atoms with Gasteiger partial charge in [-0.1, -0.05) is 26.3 Å². The summed E-state index contributed by atoms with van der Waals surface area (Å²) in [6, 6.07) is 4.11. The zero-order valence-corrected chi connectivity index (χ0v) is 14.2. The van der Waals surface area contributed by atoms with Crippen LogP contribution in [0.3, 0.4) is 0 Å². The highest BCUT2D eigenvalue weighted by atomic mass is 16.6. The Morgan fingerprint density at radius 3 is 2.56 bits per heavy atom. The maximum atomic E-state index is 11.9. The number of carbonyl (C=O) groups excluding carboxylic acids is 3. The number of rotatable bonds is 8. The molecule has 1 aromatic rings. The van der Waals surface area contributed by atoms with E-state index < -0.39 is 35.4 Å². The summed E-state index contributed by atoms with van der Waals surface area (Å²) >= 11 is 0. The number of amides is 1. The highest BCUT2D eigenvalue weighted by Gasteiger charge is 2.27. The fraction of sp³-hybridized carbons (Fsp3) is 0.438. The lowest BCUT2D eigenvalue weighted by molar-refractivity contribution is -0.384. The van der Waals surface area contributed by atoms with Gasteiger partial charge in [-0.05, 0) is 12.0 Å². The number of non-ortho nitro benzene ring substituents is 1. The molecule has 0 heterocycles. The average molecular weight is 352 g/mol. The number of benzene rings is 1. The number of nitrogens with one attached hydrogen (secondary N) is 1. The quantitative estimate of drug-likeness (QED) is 0.426. The van der Waals surface area contributed by atoms with Gasteiger partial charge in [-0.25, -0.2) is 9.59 Å². The van der Waals surface area contributed by atoms with E-state index in [1.165, 1.54) is 25.3 Å². The zero-order chi connectivity index (χ0) is 19.0. The van der Waals surface area contributed by atoms with Crippen LogP contribution in [0.2, 0.25) is 0 Å². The molecule has 0 radical (unpaired) electrons. The third-order valence-corrected chi connectivity index (χ3v) is 3.61. The van der Waals surface area contributed by atoms with Crippen molar-refractivity contribution in [3.05, 3.63) is 39.9 Å². The second-order valence-corrected chi connectivity index (χ2v) is 5.34. The van der Waals surface area contributed by atoms with Crippen molar-refractivity contribution in [2.24, 2.45) is 5.92 Å². The summed E-state index contributed by atoms with van der Waals surface area (Å²) in [7, 11) is 1.21. The highest BCUT2D eigenvalue weighted by Crippen LogP contribution is 2.14. The van der Waals surface area contributed by atoms with Crippen LogP contribution in [0.15, 0.2) is 24.3 Å². The molecule has 9 heteroatoms. The molecule has 9 nitrogen and oxygen atoms in total. The van der Waals surface area contributed by atoms with Crippen molar-refractivity contribution in [1.29, 1.82) is 0 Å². The largest absolute Gasteiger partial charge is 0.467 e. The van der Waals surface area contributed by atoms with Crippen molar-refractivity contribution in [3.63, 3.8) is 0 Å². The molecule has 0 saturated heterocycles. The van der Waals surface area contributed by atoms with Crippen molar-refractivity contribution in [3.8, 4) is 0 Å². The molecule has 1 amide bonds. The molecule has 0 aliphatic carbocycles. The zero-order valence-electron chi connectivity index (χ0n) is 14.2. The van der Waals surface area contributed by atoms with Gasteiger partial charge >= 0.3 is 11.9 Å². The number of esters is 2. The summed E-state index contributed by atoms with van der Waals surface area (Å²) in [5, 5.41) is 13.1. The number of methoxy groups -OCH3 is 1. The van der Waals surface area contributed by atoms with E-state index in [4.69, 9.17) is 4.74 Å². The molecular formula is C16H20N2O7. The van der Waals surface area contributed by atoms with Gasteiger partial charge in [0.25, 0.3) is 11.6 Å². The summed E-state index contributed by atoms with van der Waals surface area (Å²) < 4.78 is 9.47. The van der Waals surface area contributed by atoms with Crippen LogP contribution in [-0.2, 0) is 19.1 Å². The summed E-state index contributed by atoms with van der Waals surface area (Å²) in [5.74, 6) is -2.30. The third-order valence-electron chi connectivity index (χ3n) is 3.61. The Hall–Kier alpha value is -2.97. The van der Waals surface area contributed by atoms with E-state index in [-0.39, 0.29) is 17.2 Å². The number of nitro groups is 1. The molecule has 1 N–H and O–H groups in total. The molecule has 0 fully saturated rings. The predicted molar refractivity (Wildman–Crippen MR) is 86.8 cm³/mol. The summed E-state index contributed by atoms with van der Waals surface area (Å²) in [4.78, 5) is 45.5. The van der Waals surface area contributed by atoms with Gasteiger partial charge in [-0.3, -0.25) is 14.9 Å². The Kier molecular flexibility index (Phi) is 7.51. The molecule has 0 unspecified atom stereocenters.